The lowest BCUT2D eigenvalue weighted by molar-refractivity contribution is 0.900. The lowest BCUT2D eigenvalue weighted by Crippen LogP contribution is -1.96. The smallest absolute Gasteiger partial charge is 0.188 e. The van der Waals surface area contributed by atoms with Crippen LogP contribution in [0.15, 0.2) is 18.2 Å². The molecular weight excluding hydrogens is 220 g/mol. The molecule has 4 nitrogen and oxygen atoms in total. The number of thiazole rings is 1. The fraction of sp³-hybridized carbons (Fsp3) is 0.273. The van der Waals surface area contributed by atoms with Crippen molar-refractivity contribution >= 4 is 28.1 Å². The predicted molar refractivity (Wildman–Crippen MR) is 66.1 cm³/mol. The molecule has 2 aromatic rings. The first kappa shape index (κ1) is 9.59. The van der Waals surface area contributed by atoms with Gasteiger partial charge in [0.1, 0.15) is 11.6 Å². The number of aromatic nitrogens is 2. The van der Waals surface area contributed by atoms with Gasteiger partial charge in [-0.25, -0.2) is 9.97 Å². The summed E-state index contributed by atoms with van der Waals surface area (Å²) in [5.41, 5.74) is 6.86. The van der Waals surface area contributed by atoms with Crippen LogP contribution in [0.5, 0.6) is 0 Å². The second-order valence-electron chi connectivity index (χ2n) is 3.82. The number of hydrogen-bond acceptors (Lipinski definition) is 5. The minimum Gasteiger partial charge on any atom is -0.384 e. The first-order chi connectivity index (χ1) is 7.81. The van der Waals surface area contributed by atoms with E-state index in [4.69, 9.17) is 5.73 Å². The van der Waals surface area contributed by atoms with Crippen LogP contribution >= 0.6 is 11.3 Å². The van der Waals surface area contributed by atoms with Gasteiger partial charge in [0.05, 0.1) is 5.69 Å². The molecule has 0 bridgehead atoms. The van der Waals surface area contributed by atoms with Gasteiger partial charge in [-0.15, -0.1) is 11.3 Å². The molecule has 0 saturated carbocycles. The molecule has 0 aromatic carbocycles. The Morgan fingerprint density at radius 1 is 1.25 bits per heavy atom. The van der Waals surface area contributed by atoms with Gasteiger partial charge in [-0.2, -0.15) is 0 Å². The topological polar surface area (TPSA) is 63.8 Å². The zero-order valence-electron chi connectivity index (χ0n) is 8.73. The maximum absolute atomic E-state index is 5.62. The summed E-state index contributed by atoms with van der Waals surface area (Å²) in [5, 5.41) is 4.11. The fourth-order valence-corrected chi connectivity index (χ4v) is 2.93. The Hall–Kier alpha value is -1.62. The van der Waals surface area contributed by atoms with Crippen molar-refractivity contribution in [2.24, 2.45) is 0 Å². The van der Waals surface area contributed by atoms with Crippen LogP contribution in [0.25, 0.3) is 0 Å². The van der Waals surface area contributed by atoms with E-state index in [0.717, 1.165) is 17.4 Å². The summed E-state index contributed by atoms with van der Waals surface area (Å²) < 4.78 is 0. The van der Waals surface area contributed by atoms with E-state index in [2.05, 4.69) is 15.3 Å². The molecule has 0 saturated heterocycles. The van der Waals surface area contributed by atoms with Crippen molar-refractivity contribution in [2.45, 2.75) is 19.3 Å². The number of hydrogen-bond donors (Lipinski definition) is 2. The van der Waals surface area contributed by atoms with Crippen LogP contribution in [-0.4, -0.2) is 9.97 Å². The highest BCUT2D eigenvalue weighted by atomic mass is 32.1. The molecule has 0 unspecified atom stereocenters. The zero-order valence-corrected chi connectivity index (χ0v) is 9.55. The Morgan fingerprint density at radius 3 is 3.00 bits per heavy atom. The van der Waals surface area contributed by atoms with E-state index in [1.807, 2.05) is 12.1 Å². The zero-order chi connectivity index (χ0) is 11.0. The lowest BCUT2D eigenvalue weighted by Gasteiger charge is -2.01. The van der Waals surface area contributed by atoms with Gasteiger partial charge in [-0.3, -0.25) is 0 Å². The van der Waals surface area contributed by atoms with Crippen LogP contribution < -0.4 is 11.1 Å². The molecule has 2 aromatic heterocycles. The summed E-state index contributed by atoms with van der Waals surface area (Å²) in [7, 11) is 0. The minimum atomic E-state index is 0.522. The molecule has 1 aliphatic rings. The van der Waals surface area contributed by atoms with E-state index in [1.165, 1.54) is 23.4 Å². The van der Waals surface area contributed by atoms with Crippen LogP contribution in [-0.2, 0) is 12.8 Å². The van der Waals surface area contributed by atoms with Gasteiger partial charge >= 0.3 is 0 Å². The predicted octanol–water partition coefficient (Wildman–Crippen LogP) is 2.35. The van der Waals surface area contributed by atoms with Crippen molar-refractivity contribution in [2.75, 3.05) is 11.1 Å². The van der Waals surface area contributed by atoms with Gasteiger partial charge in [-0.1, -0.05) is 6.07 Å². The molecule has 0 aliphatic heterocycles. The third kappa shape index (κ3) is 1.74. The van der Waals surface area contributed by atoms with Gasteiger partial charge in [0.2, 0.25) is 0 Å². The van der Waals surface area contributed by atoms with Crippen molar-refractivity contribution in [1.82, 2.24) is 9.97 Å². The summed E-state index contributed by atoms with van der Waals surface area (Å²) in [5.74, 6) is 1.28. The van der Waals surface area contributed by atoms with Crippen molar-refractivity contribution in [3.8, 4) is 0 Å². The third-order valence-electron chi connectivity index (χ3n) is 2.60. The number of nitrogens with two attached hydrogens (primary N) is 1. The maximum Gasteiger partial charge on any atom is 0.188 e. The summed E-state index contributed by atoms with van der Waals surface area (Å²) in [6.45, 7) is 0. The van der Waals surface area contributed by atoms with Crippen LogP contribution in [0.2, 0.25) is 0 Å². The minimum absolute atomic E-state index is 0.522. The monoisotopic (exact) mass is 232 g/mol. The number of fused-ring (bicyclic) bond motifs is 1. The molecule has 0 atom stereocenters. The fourth-order valence-electron chi connectivity index (χ4n) is 1.87. The van der Waals surface area contributed by atoms with Crippen LogP contribution in [0.1, 0.15) is 17.0 Å². The highest BCUT2D eigenvalue weighted by Gasteiger charge is 2.16. The first-order valence-corrected chi connectivity index (χ1v) is 6.11. The molecule has 82 valence electrons. The van der Waals surface area contributed by atoms with Crippen LogP contribution in [0.3, 0.4) is 0 Å². The standard InChI is InChI=1S/C11H12N4S/c12-9-5-2-6-10(14-9)15-11-13-7-3-1-4-8(7)16-11/h2,5-6H,1,3-4H2,(H3,12,13,14,15). The number of nitrogen functional groups attached to an aromatic ring is 1. The van der Waals surface area contributed by atoms with Gasteiger partial charge < -0.3 is 11.1 Å². The van der Waals surface area contributed by atoms with Gasteiger partial charge in [-0.05, 0) is 31.4 Å². The normalized spacial score (nSPS) is 13.8. The second-order valence-corrected chi connectivity index (χ2v) is 4.90. The number of nitrogens with one attached hydrogen (secondary N) is 1. The quantitative estimate of drug-likeness (QED) is 0.834. The van der Waals surface area contributed by atoms with E-state index in [9.17, 15) is 0 Å². The SMILES string of the molecule is Nc1cccc(Nc2nc3c(s2)CCC3)n1. The molecule has 0 spiro atoms. The van der Waals surface area contributed by atoms with Gasteiger partial charge in [0.25, 0.3) is 0 Å². The number of anilines is 3. The van der Waals surface area contributed by atoms with E-state index in [-0.39, 0.29) is 0 Å². The third-order valence-corrected chi connectivity index (χ3v) is 3.67. The van der Waals surface area contributed by atoms with E-state index >= 15 is 0 Å². The van der Waals surface area contributed by atoms with E-state index in [0.29, 0.717) is 5.82 Å². The lowest BCUT2D eigenvalue weighted by atomic mass is 10.4. The van der Waals surface area contributed by atoms with Crippen molar-refractivity contribution in [1.29, 1.82) is 0 Å². The molecule has 3 N–H and O–H groups in total. The van der Waals surface area contributed by atoms with E-state index in [1.54, 1.807) is 17.4 Å². The second kappa shape index (κ2) is 3.75. The molecule has 3 rings (SSSR count). The Bertz CT molecular complexity index is 499. The molecule has 1 aliphatic carbocycles. The molecule has 16 heavy (non-hydrogen) atoms. The molecule has 5 heteroatoms. The average molecular weight is 232 g/mol. The average Bonchev–Trinajstić information content (AvgIpc) is 2.77. The maximum atomic E-state index is 5.62. The Morgan fingerprint density at radius 2 is 2.19 bits per heavy atom. The van der Waals surface area contributed by atoms with Crippen molar-refractivity contribution in [3.63, 3.8) is 0 Å². The first-order valence-electron chi connectivity index (χ1n) is 5.29. The van der Waals surface area contributed by atoms with Crippen LogP contribution in [0.4, 0.5) is 16.8 Å². The summed E-state index contributed by atoms with van der Waals surface area (Å²) in [6.07, 6.45) is 3.52. The highest BCUT2D eigenvalue weighted by molar-refractivity contribution is 7.15. The molecule has 0 amide bonds. The summed E-state index contributed by atoms with van der Waals surface area (Å²) >= 11 is 1.72. The number of pyridine rings is 1. The number of rotatable bonds is 2. The van der Waals surface area contributed by atoms with Gasteiger partial charge in [0.15, 0.2) is 5.13 Å². The molecule has 0 radical (unpaired) electrons. The number of nitrogens with zero attached hydrogens (tertiary/aromatic N) is 2. The van der Waals surface area contributed by atoms with Crippen LogP contribution in [0, 0.1) is 0 Å². The summed E-state index contributed by atoms with van der Waals surface area (Å²) in [4.78, 5) is 10.1. The largest absolute Gasteiger partial charge is 0.384 e. The molecular formula is C11H12N4S. The Labute approximate surface area is 97.5 Å². The molecule has 2 heterocycles. The Balaban J connectivity index is 1.83. The highest BCUT2D eigenvalue weighted by Crippen LogP contribution is 2.31. The van der Waals surface area contributed by atoms with E-state index < -0.39 is 0 Å². The Kier molecular flexibility index (Phi) is 2.25. The van der Waals surface area contributed by atoms with Crippen molar-refractivity contribution < 1.29 is 0 Å². The summed E-state index contributed by atoms with van der Waals surface area (Å²) in [6, 6.07) is 5.54. The molecule has 0 fully saturated rings. The number of aryl methyl sites for hydroxylation is 2. The van der Waals surface area contributed by atoms with Crippen molar-refractivity contribution in [3.05, 3.63) is 28.8 Å². The van der Waals surface area contributed by atoms with Gasteiger partial charge in [0, 0.05) is 4.88 Å².